The molecule has 0 amide bonds. The molecule has 1 aliphatic rings. The molecule has 116 valence electrons. The molecule has 22 heavy (non-hydrogen) atoms. The molecule has 2 rings (SSSR count). The van der Waals surface area contributed by atoms with Gasteiger partial charge < -0.3 is 9.47 Å². The molecule has 1 aromatic carbocycles. The molecule has 0 radical (unpaired) electrons. The Balaban J connectivity index is 2.11. The van der Waals surface area contributed by atoms with E-state index in [1.807, 2.05) is 30.3 Å². The van der Waals surface area contributed by atoms with E-state index in [0.29, 0.717) is 12.4 Å². The summed E-state index contributed by atoms with van der Waals surface area (Å²) in [5, 5.41) is 0. The van der Waals surface area contributed by atoms with E-state index in [-0.39, 0.29) is 5.97 Å². The summed E-state index contributed by atoms with van der Waals surface area (Å²) < 4.78 is 11.3. The van der Waals surface area contributed by atoms with Gasteiger partial charge in [0.1, 0.15) is 6.61 Å². The quantitative estimate of drug-likeness (QED) is 0.340. The zero-order valence-corrected chi connectivity index (χ0v) is 13.0. The molecule has 0 N–H and O–H groups in total. The average Bonchev–Trinajstić information content (AvgIpc) is 2.56. The van der Waals surface area contributed by atoms with Crippen LogP contribution in [0.1, 0.15) is 38.2 Å². The van der Waals surface area contributed by atoms with Crippen LogP contribution in [-0.2, 0) is 20.9 Å². The Hall–Kier alpha value is -2.25. The SMILES string of the molecule is C=C=C(OCc1ccccc1)C(OC(C)=O)C1=CCCCC1. The van der Waals surface area contributed by atoms with Crippen molar-refractivity contribution < 1.29 is 14.3 Å². The van der Waals surface area contributed by atoms with Crippen molar-refractivity contribution in [3.63, 3.8) is 0 Å². The Kier molecular flexibility index (Phi) is 6.05. The van der Waals surface area contributed by atoms with Crippen LogP contribution in [0.25, 0.3) is 0 Å². The third kappa shape index (κ3) is 4.64. The summed E-state index contributed by atoms with van der Waals surface area (Å²) in [6.07, 6.45) is 5.84. The van der Waals surface area contributed by atoms with Crippen molar-refractivity contribution in [3.8, 4) is 0 Å². The van der Waals surface area contributed by atoms with Gasteiger partial charge in [0.05, 0.1) is 0 Å². The van der Waals surface area contributed by atoms with Crippen LogP contribution >= 0.6 is 0 Å². The third-order valence-corrected chi connectivity index (χ3v) is 3.60. The minimum atomic E-state index is -0.501. The number of ether oxygens (including phenoxy) is 2. The third-order valence-electron chi connectivity index (χ3n) is 3.60. The van der Waals surface area contributed by atoms with Crippen LogP contribution in [0.3, 0.4) is 0 Å². The highest BCUT2D eigenvalue weighted by molar-refractivity contribution is 5.67. The predicted molar refractivity (Wildman–Crippen MR) is 86.0 cm³/mol. The maximum atomic E-state index is 11.4. The summed E-state index contributed by atoms with van der Waals surface area (Å²) in [4.78, 5) is 11.4. The number of hydrogen-bond acceptors (Lipinski definition) is 3. The number of esters is 1. The molecule has 1 unspecified atom stereocenters. The van der Waals surface area contributed by atoms with Crippen molar-refractivity contribution in [2.75, 3.05) is 0 Å². The first-order chi connectivity index (χ1) is 10.7. The van der Waals surface area contributed by atoms with E-state index in [4.69, 9.17) is 9.47 Å². The van der Waals surface area contributed by atoms with Gasteiger partial charge in [-0.3, -0.25) is 4.79 Å². The molecule has 0 aliphatic heterocycles. The van der Waals surface area contributed by atoms with Gasteiger partial charge in [0.2, 0.25) is 0 Å². The van der Waals surface area contributed by atoms with Crippen molar-refractivity contribution in [2.24, 2.45) is 0 Å². The lowest BCUT2D eigenvalue weighted by molar-refractivity contribution is -0.144. The van der Waals surface area contributed by atoms with Gasteiger partial charge in [0.15, 0.2) is 11.9 Å². The highest BCUT2D eigenvalue weighted by atomic mass is 16.6. The van der Waals surface area contributed by atoms with Gasteiger partial charge in [-0.1, -0.05) is 48.7 Å². The molecular weight excluding hydrogens is 276 g/mol. The van der Waals surface area contributed by atoms with Crippen LogP contribution in [0.2, 0.25) is 0 Å². The standard InChI is InChI=1S/C19H22O3/c1-3-18(21-14-16-10-6-4-7-11-16)19(22-15(2)20)17-12-8-5-9-13-17/h4,6-7,10-12,19H,1,5,8-9,13-14H2,2H3. The monoisotopic (exact) mass is 298 g/mol. The molecule has 0 fully saturated rings. The van der Waals surface area contributed by atoms with E-state index in [1.165, 1.54) is 13.3 Å². The van der Waals surface area contributed by atoms with E-state index in [0.717, 1.165) is 30.4 Å². The Bertz CT molecular complexity index is 580. The van der Waals surface area contributed by atoms with E-state index < -0.39 is 6.10 Å². The van der Waals surface area contributed by atoms with E-state index >= 15 is 0 Å². The number of carbonyl (C=O) groups is 1. The Morgan fingerprint density at radius 1 is 1.32 bits per heavy atom. The number of carbonyl (C=O) groups excluding carboxylic acids is 1. The van der Waals surface area contributed by atoms with Gasteiger partial charge in [-0.25, -0.2) is 0 Å². The second-order valence-corrected chi connectivity index (χ2v) is 5.33. The molecule has 1 aromatic rings. The fourth-order valence-corrected chi connectivity index (χ4v) is 2.52. The molecule has 0 heterocycles. The first-order valence-corrected chi connectivity index (χ1v) is 7.63. The maximum Gasteiger partial charge on any atom is 0.303 e. The summed E-state index contributed by atoms with van der Waals surface area (Å²) in [5.41, 5.74) is 4.94. The zero-order chi connectivity index (χ0) is 15.8. The number of benzene rings is 1. The van der Waals surface area contributed by atoms with Gasteiger partial charge in [-0.05, 0) is 36.8 Å². The molecular formula is C19H22O3. The van der Waals surface area contributed by atoms with Crippen LogP contribution in [-0.4, -0.2) is 12.1 Å². The molecule has 0 saturated carbocycles. The van der Waals surface area contributed by atoms with Crippen LogP contribution in [0, 0.1) is 0 Å². The topological polar surface area (TPSA) is 35.5 Å². The van der Waals surface area contributed by atoms with E-state index in [9.17, 15) is 4.79 Å². The van der Waals surface area contributed by atoms with Crippen molar-refractivity contribution in [1.29, 1.82) is 0 Å². The summed E-state index contributed by atoms with van der Waals surface area (Å²) in [6.45, 7) is 5.51. The van der Waals surface area contributed by atoms with E-state index in [1.54, 1.807) is 0 Å². The number of hydrogen-bond donors (Lipinski definition) is 0. The number of allylic oxidation sites excluding steroid dienone is 1. The minimum absolute atomic E-state index is 0.326. The van der Waals surface area contributed by atoms with Gasteiger partial charge in [0.25, 0.3) is 0 Å². The summed E-state index contributed by atoms with van der Waals surface area (Å²) >= 11 is 0. The van der Waals surface area contributed by atoms with Gasteiger partial charge >= 0.3 is 5.97 Å². The Labute approximate surface area is 131 Å². The highest BCUT2D eigenvalue weighted by Gasteiger charge is 2.24. The fourth-order valence-electron chi connectivity index (χ4n) is 2.52. The van der Waals surface area contributed by atoms with Gasteiger partial charge in [-0.15, -0.1) is 0 Å². The molecule has 3 heteroatoms. The summed E-state index contributed by atoms with van der Waals surface area (Å²) in [5.74, 6) is 0.153. The molecule has 0 aromatic heterocycles. The lowest BCUT2D eigenvalue weighted by Crippen LogP contribution is -2.23. The molecule has 0 spiro atoms. The van der Waals surface area contributed by atoms with Gasteiger partial charge in [-0.2, -0.15) is 0 Å². The van der Waals surface area contributed by atoms with Crippen LogP contribution in [0.5, 0.6) is 0 Å². The van der Waals surface area contributed by atoms with Crippen molar-refractivity contribution in [2.45, 2.75) is 45.3 Å². The zero-order valence-electron chi connectivity index (χ0n) is 13.0. The van der Waals surface area contributed by atoms with Crippen molar-refractivity contribution in [1.82, 2.24) is 0 Å². The second-order valence-electron chi connectivity index (χ2n) is 5.33. The van der Waals surface area contributed by atoms with Crippen molar-refractivity contribution in [3.05, 3.63) is 65.6 Å². The largest absolute Gasteiger partial charge is 0.481 e. The Morgan fingerprint density at radius 2 is 2.09 bits per heavy atom. The lowest BCUT2D eigenvalue weighted by Gasteiger charge is -2.24. The summed E-state index contributed by atoms with van der Waals surface area (Å²) in [6, 6.07) is 9.86. The minimum Gasteiger partial charge on any atom is -0.481 e. The molecule has 0 bridgehead atoms. The van der Waals surface area contributed by atoms with Crippen molar-refractivity contribution >= 4 is 5.97 Å². The summed E-state index contributed by atoms with van der Waals surface area (Å²) in [7, 11) is 0. The normalized spacial score (nSPS) is 15.2. The lowest BCUT2D eigenvalue weighted by atomic mass is 9.94. The molecule has 3 nitrogen and oxygen atoms in total. The maximum absolute atomic E-state index is 11.4. The predicted octanol–water partition coefficient (Wildman–Crippen LogP) is 4.30. The first kappa shape index (κ1) is 16.1. The fraction of sp³-hybridized carbons (Fsp3) is 0.368. The van der Waals surface area contributed by atoms with E-state index in [2.05, 4.69) is 18.4 Å². The first-order valence-electron chi connectivity index (χ1n) is 7.63. The smallest absolute Gasteiger partial charge is 0.303 e. The van der Waals surface area contributed by atoms with Crippen LogP contribution < -0.4 is 0 Å². The molecule has 1 atom stereocenters. The van der Waals surface area contributed by atoms with Crippen LogP contribution in [0.15, 0.2) is 60.1 Å². The van der Waals surface area contributed by atoms with Gasteiger partial charge in [0, 0.05) is 6.92 Å². The Morgan fingerprint density at radius 3 is 2.68 bits per heavy atom. The molecule has 0 saturated heterocycles. The average molecular weight is 298 g/mol. The highest BCUT2D eigenvalue weighted by Crippen LogP contribution is 2.27. The second kappa shape index (κ2) is 8.26. The number of rotatable bonds is 6. The molecule has 1 aliphatic carbocycles. The van der Waals surface area contributed by atoms with Crippen LogP contribution in [0.4, 0.5) is 0 Å².